The molecule has 8 nitrogen and oxygen atoms in total. The minimum Gasteiger partial charge on any atom is -0.497 e. The molecule has 9 heteroatoms. The van der Waals surface area contributed by atoms with Gasteiger partial charge in [0.2, 0.25) is 0 Å². The second kappa shape index (κ2) is 13.5. The van der Waals surface area contributed by atoms with Gasteiger partial charge in [-0.2, -0.15) is 5.10 Å². The molecule has 1 atom stereocenters. The molecule has 0 saturated carbocycles. The first kappa shape index (κ1) is 26.2. The van der Waals surface area contributed by atoms with E-state index in [2.05, 4.69) is 20.7 Å². The molecule has 0 radical (unpaired) electrons. The molecule has 168 valence electrons. The van der Waals surface area contributed by atoms with Crippen LogP contribution in [0.2, 0.25) is 0 Å². The number of hydrogen-bond donors (Lipinski definition) is 3. The number of halogens is 1. The number of rotatable bonds is 11. The van der Waals surface area contributed by atoms with Gasteiger partial charge in [-0.25, -0.2) is 4.99 Å². The van der Waals surface area contributed by atoms with E-state index in [1.807, 2.05) is 44.4 Å². The van der Waals surface area contributed by atoms with Crippen molar-refractivity contribution in [2.24, 2.45) is 12.0 Å². The van der Waals surface area contributed by atoms with Crippen molar-refractivity contribution >= 4 is 29.9 Å². The Bertz CT molecular complexity index is 762. The minimum absolute atomic E-state index is 0. The van der Waals surface area contributed by atoms with Crippen LogP contribution in [-0.2, 0) is 23.9 Å². The maximum Gasteiger partial charge on any atom is 0.191 e. The van der Waals surface area contributed by atoms with E-state index in [0.29, 0.717) is 32.3 Å². The summed E-state index contributed by atoms with van der Waals surface area (Å²) in [6, 6.07) is 7.81. The molecule has 0 aliphatic heterocycles. The monoisotopic (exact) mass is 531 g/mol. The zero-order chi connectivity index (χ0) is 21.1. The molecule has 1 unspecified atom stereocenters. The van der Waals surface area contributed by atoms with Gasteiger partial charge in [0.15, 0.2) is 5.96 Å². The van der Waals surface area contributed by atoms with E-state index >= 15 is 0 Å². The number of benzene rings is 1. The van der Waals surface area contributed by atoms with E-state index in [0.717, 1.165) is 29.8 Å². The van der Waals surface area contributed by atoms with Crippen LogP contribution in [0.25, 0.3) is 0 Å². The second-order valence-electron chi connectivity index (χ2n) is 7.02. The molecule has 0 aliphatic carbocycles. The standard InChI is InChI=1S/C21H33N5O3.HI/c1-5-29-12-6-11-22-20(23-13-17-7-9-19(28-4)10-8-17)24-16-21(2,27)18-14-25-26(3)15-18;/h7-10,14-15,27H,5-6,11-13,16H2,1-4H3,(H2,22,23,24);1H. The number of ether oxygens (including phenoxy) is 2. The van der Waals surface area contributed by atoms with Crippen molar-refractivity contribution in [3.63, 3.8) is 0 Å². The Balaban J connectivity index is 0.00000450. The highest BCUT2D eigenvalue weighted by atomic mass is 127. The van der Waals surface area contributed by atoms with Gasteiger partial charge in [-0.05, 0) is 38.0 Å². The topological polar surface area (TPSA) is 92.9 Å². The van der Waals surface area contributed by atoms with Crippen molar-refractivity contribution in [3.05, 3.63) is 47.8 Å². The number of guanidine groups is 1. The molecule has 0 bridgehead atoms. The van der Waals surface area contributed by atoms with Gasteiger partial charge in [-0.1, -0.05) is 12.1 Å². The largest absolute Gasteiger partial charge is 0.497 e. The Hall–Kier alpha value is -1.85. The van der Waals surface area contributed by atoms with Gasteiger partial charge >= 0.3 is 0 Å². The molecule has 1 aromatic carbocycles. The van der Waals surface area contributed by atoms with Crippen LogP contribution in [0.15, 0.2) is 41.7 Å². The number of nitrogens with one attached hydrogen (secondary N) is 2. The summed E-state index contributed by atoms with van der Waals surface area (Å²) in [5.74, 6) is 1.46. The van der Waals surface area contributed by atoms with Crippen LogP contribution < -0.4 is 15.4 Å². The van der Waals surface area contributed by atoms with Gasteiger partial charge < -0.3 is 25.2 Å². The van der Waals surface area contributed by atoms with Crippen LogP contribution in [0.1, 0.15) is 31.4 Å². The third kappa shape index (κ3) is 8.88. The van der Waals surface area contributed by atoms with E-state index in [9.17, 15) is 5.11 Å². The van der Waals surface area contributed by atoms with Gasteiger partial charge in [0.1, 0.15) is 11.4 Å². The van der Waals surface area contributed by atoms with Crippen molar-refractivity contribution < 1.29 is 14.6 Å². The summed E-state index contributed by atoms with van der Waals surface area (Å²) in [4.78, 5) is 4.65. The van der Waals surface area contributed by atoms with Crippen LogP contribution >= 0.6 is 24.0 Å². The van der Waals surface area contributed by atoms with Gasteiger partial charge in [0.05, 0.1) is 26.4 Å². The summed E-state index contributed by atoms with van der Waals surface area (Å²) in [5.41, 5.74) is 0.751. The van der Waals surface area contributed by atoms with Crippen LogP contribution in [0.5, 0.6) is 5.75 Å². The van der Waals surface area contributed by atoms with E-state index < -0.39 is 5.60 Å². The Morgan fingerprint density at radius 1 is 1.27 bits per heavy atom. The van der Waals surface area contributed by atoms with Gasteiger partial charge in [-0.15, -0.1) is 24.0 Å². The average Bonchev–Trinajstić information content (AvgIpc) is 3.17. The van der Waals surface area contributed by atoms with E-state index in [4.69, 9.17) is 9.47 Å². The smallest absolute Gasteiger partial charge is 0.191 e. The fourth-order valence-electron chi connectivity index (χ4n) is 2.66. The molecule has 0 aliphatic rings. The van der Waals surface area contributed by atoms with Crippen molar-refractivity contribution in [2.45, 2.75) is 32.4 Å². The Labute approximate surface area is 196 Å². The lowest BCUT2D eigenvalue weighted by Gasteiger charge is -2.24. The molecule has 3 N–H and O–H groups in total. The SMILES string of the molecule is CCOCCCNC(=NCc1ccc(OC)cc1)NCC(C)(O)c1cnn(C)c1.I. The molecule has 0 fully saturated rings. The first-order chi connectivity index (χ1) is 13.9. The number of aromatic nitrogens is 2. The number of hydrogen-bond acceptors (Lipinski definition) is 5. The molecule has 0 spiro atoms. The van der Waals surface area contributed by atoms with Crippen molar-refractivity contribution in [1.82, 2.24) is 20.4 Å². The van der Waals surface area contributed by atoms with E-state index in [-0.39, 0.29) is 24.0 Å². The number of aliphatic hydroxyl groups is 1. The third-order valence-corrected chi connectivity index (χ3v) is 4.47. The first-order valence-corrected chi connectivity index (χ1v) is 9.89. The fourth-order valence-corrected chi connectivity index (χ4v) is 2.66. The molecule has 2 aromatic rings. The van der Waals surface area contributed by atoms with Gasteiger partial charge in [0.25, 0.3) is 0 Å². The lowest BCUT2D eigenvalue weighted by Crippen LogP contribution is -2.45. The highest BCUT2D eigenvalue weighted by Crippen LogP contribution is 2.18. The zero-order valence-corrected chi connectivity index (χ0v) is 20.6. The van der Waals surface area contributed by atoms with Crippen LogP contribution in [-0.4, -0.2) is 54.3 Å². The normalized spacial score (nSPS) is 13.3. The molecule has 2 rings (SSSR count). The zero-order valence-electron chi connectivity index (χ0n) is 18.2. The summed E-state index contributed by atoms with van der Waals surface area (Å²) in [6.07, 6.45) is 4.35. The lowest BCUT2D eigenvalue weighted by molar-refractivity contribution is 0.0616. The van der Waals surface area contributed by atoms with Gasteiger partial charge in [-0.3, -0.25) is 4.68 Å². The highest BCUT2D eigenvalue weighted by molar-refractivity contribution is 14.0. The molecule has 1 aromatic heterocycles. The van der Waals surface area contributed by atoms with Gasteiger partial charge in [0, 0.05) is 38.6 Å². The fraction of sp³-hybridized carbons (Fsp3) is 0.524. The highest BCUT2D eigenvalue weighted by Gasteiger charge is 2.25. The summed E-state index contributed by atoms with van der Waals surface area (Å²) < 4.78 is 12.2. The molecule has 1 heterocycles. The van der Waals surface area contributed by atoms with E-state index in [1.54, 1.807) is 24.9 Å². The molecule has 30 heavy (non-hydrogen) atoms. The number of nitrogens with zero attached hydrogens (tertiary/aromatic N) is 3. The Kier molecular flexibility index (Phi) is 11.7. The second-order valence-corrected chi connectivity index (χ2v) is 7.02. The van der Waals surface area contributed by atoms with E-state index in [1.165, 1.54) is 0 Å². The quantitative estimate of drug-likeness (QED) is 0.179. The average molecular weight is 531 g/mol. The summed E-state index contributed by atoms with van der Waals surface area (Å²) in [5, 5.41) is 21.5. The van der Waals surface area contributed by atoms with Crippen molar-refractivity contribution in [1.29, 1.82) is 0 Å². The molecule has 0 saturated heterocycles. The maximum absolute atomic E-state index is 10.8. The van der Waals surface area contributed by atoms with Crippen molar-refractivity contribution in [3.8, 4) is 5.75 Å². The molecule has 0 amide bonds. The first-order valence-electron chi connectivity index (χ1n) is 9.89. The predicted octanol–water partition coefficient (Wildman–Crippen LogP) is 2.42. The third-order valence-electron chi connectivity index (χ3n) is 4.47. The Morgan fingerprint density at radius 3 is 2.60 bits per heavy atom. The molecular weight excluding hydrogens is 497 g/mol. The van der Waals surface area contributed by atoms with Crippen LogP contribution in [0.3, 0.4) is 0 Å². The number of aliphatic imine (C=N–C) groups is 1. The number of aryl methyl sites for hydroxylation is 1. The summed E-state index contributed by atoms with van der Waals surface area (Å²) in [6.45, 7) is 6.69. The lowest BCUT2D eigenvalue weighted by atomic mass is 10.00. The maximum atomic E-state index is 10.8. The molecular formula is C21H34IN5O3. The summed E-state index contributed by atoms with van der Waals surface area (Å²) >= 11 is 0. The van der Waals surface area contributed by atoms with Crippen LogP contribution in [0.4, 0.5) is 0 Å². The number of methoxy groups -OCH3 is 1. The Morgan fingerprint density at radius 2 is 2.00 bits per heavy atom. The van der Waals surface area contributed by atoms with Crippen molar-refractivity contribution in [2.75, 3.05) is 33.4 Å². The minimum atomic E-state index is -1.07. The summed E-state index contributed by atoms with van der Waals surface area (Å²) in [7, 11) is 3.48. The predicted molar refractivity (Wildman–Crippen MR) is 129 cm³/mol. The van der Waals surface area contributed by atoms with Crippen LogP contribution in [0, 0.1) is 0 Å².